The highest BCUT2D eigenvalue weighted by atomic mass is 16.4. The molecule has 2 heterocycles. The summed E-state index contributed by atoms with van der Waals surface area (Å²) in [5.74, 6) is -1.14. The zero-order chi connectivity index (χ0) is 15.2. The molecule has 2 aromatic heterocycles. The van der Waals surface area contributed by atoms with Gasteiger partial charge in [-0.25, -0.2) is 14.3 Å². The van der Waals surface area contributed by atoms with E-state index in [1.807, 2.05) is 6.20 Å². The molecule has 21 heavy (non-hydrogen) atoms. The monoisotopic (exact) mass is 293 g/mol. The standard InChI is InChI=1S/C11H15N7O3/c1-17-6-8(5-14-17)4-13-11(21)12-2-3-18-7-9(10(19)20)15-16-18/h5-7H,2-4H2,1H3,(H,19,20)(H2,12,13,21). The molecule has 10 heteroatoms. The molecule has 0 atom stereocenters. The van der Waals surface area contributed by atoms with Gasteiger partial charge in [0.15, 0.2) is 5.69 Å². The van der Waals surface area contributed by atoms with Crippen LogP contribution in [0.3, 0.4) is 0 Å². The van der Waals surface area contributed by atoms with Crippen molar-refractivity contribution in [3.8, 4) is 0 Å². The quantitative estimate of drug-likeness (QED) is 0.640. The Hall–Kier alpha value is -2.91. The third-order valence-corrected chi connectivity index (χ3v) is 2.60. The molecule has 0 aliphatic carbocycles. The first kappa shape index (κ1) is 14.5. The predicted octanol–water partition coefficient (Wildman–Crippen LogP) is -0.791. The minimum atomic E-state index is -1.14. The van der Waals surface area contributed by atoms with E-state index in [9.17, 15) is 9.59 Å². The van der Waals surface area contributed by atoms with E-state index in [1.165, 1.54) is 10.9 Å². The van der Waals surface area contributed by atoms with Gasteiger partial charge < -0.3 is 15.7 Å². The number of nitrogens with one attached hydrogen (secondary N) is 2. The number of carbonyl (C=O) groups is 2. The zero-order valence-corrected chi connectivity index (χ0v) is 11.4. The SMILES string of the molecule is Cn1cc(CNC(=O)NCCn2cc(C(=O)O)nn2)cn1. The van der Waals surface area contributed by atoms with E-state index in [0.29, 0.717) is 19.6 Å². The molecule has 3 N–H and O–H groups in total. The van der Waals surface area contributed by atoms with Crippen LogP contribution in [0.2, 0.25) is 0 Å². The second-order valence-electron chi connectivity index (χ2n) is 4.30. The van der Waals surface area contributed by atoms with E-state index in [0.717, 1.165) is 5.56 Å². The summed E-state index contributed by atoms with van der Waals surface area (Å²) < 4.78 is 3.00. The Kier molecular flexibility index (Phi) is 4.49. The first-order valence-corrected chi connectivity index (χ1v) is 6.17. The minimum absolute atomic E-state index is 0.129. The van der Waals surface area contributed by atoms with Crippen molar-refractivity contribution in [2.45, 2.75) is 13.1 Å². The number of carboxylic acid groups (broad SMARTS) is 1. The molecule has 0 radical (unpaired) electrons. The first-order chi connectivity index (χ1) is 10.0. The molecule has 0 spiro atoms. The molecular formula is C11H15N7O3. The number of carbonyl (C=O) groups excluding carboxylic acids is 1. The summed E-state index contributed by atoms with van der Waals surface area (Å²) in [6.45, 7) is 1.02. The van der Waals surface area contributed by atoms with Crippen molar-refractivity contribution in [3.63, 3.8) is 0 Å². The highest BCUT2D eigenvalue weighted by molar-refractivity contribution is 5.84. The van der Waals surface area contributed by atoms with Crippen LogP contribution in [0.15, 0.2) is 18.6 Å². The molecule has 0 aliphatic rings. The second-order valence-corrected chi connectivity index (χ2v) is 4.30. The lowest BCUT2D eigenvalue weighted by Crippen LogP contribution is -2.36. The third kappa shape index (κ3) is 4.30. The molecule has 0 aliphatic heterocycles. The molecule has 0 bridgehead atoms. The summed E-state index contributed by atoms with van der Waals surface area (Å²) in [5.41, 5.74) is 0.769. The molecule has 0 saturated carbocycles. The summed E-state index contributed by atoms with van der Waals surface area (Å²) in [4.78, 5) is 22.2. The first-order valence-electron chi connectivity index (χ1n) is 6.17. The molecule has 0 saturated heterocycles. The topological polar surface area (TPSA) is 127 Å². The molecule has 2 aromatic rings. The summed E-state index contributed by atoms with van der Waals surface area (Å²) >= 11 is 0. The Labute approximate surface area is 119 Å². The number of aromatic nitrogens is 5. The van der Waals surface area contributed by atoms with Crippen molar-refractivity contribution < 1.29 is 14.7 Å². The minimum Gasteiger partial charge on any atom is -0.476 e. The fraction of sp³-hybridized carbons (Fsp3) is 0.364. The van der Waals surface area contributed by atoms with Gasteiger partial charge in [0, 0.05) is 31.9 Å². The highest BCUT2D eigenvalue weighted by Crippen LogP contribution is 1.94. The van der Waals surface area contributed by atoms with E-state index < -0.39 is 5.97 Å². The van der Waals surface area contributed by atoms with Crippen LogP contribution in [0, 0.1) is 0 Å². The Morgan fingerprint density at radius 1 is 1.33 bits per heavy atom. The van der Waals surface area contributed by atoms with Crippen LogP contribution in [-0.2, 0) is 20.1 Å². The largest absolute Gasteiger partial charge is 0.476 e. The Morgan fingerprint density at radius 2 is 2.14 bits per heavy atom. The summed E-state index contributed by atoms with van der Waals surface area (Å²) in [6, 6.07) is -0.322. The number of aromatic carboxylic acids is 1. The van der Waals surface area contributed by atoms with E-state index >= 15 is 0 Å². The number of urea groups is 1. The number of hydrogen-bond donors (Lipinski definition) is 3. The Bertz CT molecular complexity index is 633. The second kappa shape index (κ2) is 6.50. The van der Waals surface area contributed by atoms with Crippen molar-refractivity contribution in [2.24, 2.45) is 7.05 Å². The average molecular weight is 293 g/mol. The van der Waals surface area contributed by atoms with E-state index in [4.69, 9.17) is 5.11 Å². The van der Waals surface area contributed by atoms with Gasteiger partial charge in [0.1, 0.15) is 0 Å². The molecule has 0 fully saturated rings. The van der Waals surface area contributed by atoms with Crippen LogP contribution in [0.25, 0.3) is 0 Å². The molecule has 0 aromatic carbocycles. The van der Waals surface area contributed by atoms with Gasteiger partial charge in [0.05, 0.1) is 18.9 Å². The fourth-order valence-corrected chi connectivity index (χ4v) is 1.60. The molecule has 2 amide bonds. The average Bonchev–Trinajstić information content (AvgIpc) is 3.05. The molecule has 112 valence electrons. The fourth-order valence-electron chi connectivity index (χ4n) is 1.60. The van der Waals surface area contributed by atoms with Gasteiger partial charge in [-0.1, -0.05) is 5.21 Å². The van der Waals surface area contributed by atoms with Crippen LogP contribution >= 0.6 is 0 Å². The maximum Gasteiger partial charge on any atom is 0.358 e. The van der Waals surface area contributed by atoms with Gasteiger partial charge in [-0.15, -0.1) is 5.10 Å². The van der Waals surface area contributed by atoms with Gasteiger partial charge in [-0.3, -0.25) is 4.68 Å². The number of nitrogens with zero attached hydrogens (tertiary/aromatic N) is 5. The Balaban J connectivity index is 1.67. The maximum absolute atomic E-state index is 11.5. The van der Waals surface area contributed by atoms with Crippen molar-refractivity contribution in [1.29, 1.82) is 0 Å². The van der Waals surface area contributed by atoms with Gasteiger partial charge in [-0.2, -0.15) is 5.10 Å². The van der Waals surface area contributed by atoms with Gasteiger partial charge >= 0.3 is 12.0 Å². The van der Waals surface area contributed by atoms with Gasteiger partial charge in [0.2, 0.25) is 0 Å². The lowest BCUT2D eigenvalue weighted by Gasteiger charge is -2.06. The molecule has 10 nitrogen and oxygen atoms in total. The van der Waals surface area contributed by atoms with Crippen LogP contribution < -0.4 is 10.6 Å². The van der Waals surface area contributed by atoms with Crippen LogP contribution in [0.4, 0.5) is 4.79 Å². The van der Waals surface area contributed by atoms with E-state index in [2.05, 4.69) is 26.0 Å². The third-order valence-electron chi connectivity index (χ3n) is 2.60. The van der Waals surface area contributed by atoms with Gasteiger partial charge in [0.25, 0.3) is 0 Å². The molecule has 2 rings (SSSR count). The lowest BCUT2D eigenvalue weighted by atomic mass is 10.4. The van der Waals surface area contributed by atoms with Crippen LogP contribution in [0.1, 0.15) is 16.1 Å². The zero-order valence-electron chi connectivity index (χ0n) is 11.4. The molecular weight excluding hydrogens is 278 g/mol. The maximum atomic E-state index is 11.5. The van der Waals surface area contributed by atoms with E-state index in [-0.39, 0.29) is 11.7 Å². The number of hydrogen-bond acceptors (Lipinski definition) is 5. The lowest BCUT2D eigenvalue weighted by molar-refractivity contribution is 0.0690. The van der Waals surface area contributed by atoms with Crippen LogP contribution in [-0.4, -0.2) is 48.4 Å². The van der Waals surface area contributed by atoms with Gasteiger partial charge in [-0.05, 0) is 0 Å². The number of aryl methyl sites for hydroxylation is 1. The van der Waals surface area contributed by atoms with Crippen molar-refractivity contribution in [2.75, 3.05) is 6.54 Å². The van der Waals surface area contributed by atoms with Crippen LogP contribution in [0.5, 0.6) is 0 Å². The summed E-state index contributed by atoms with van der Waals surface area (Å²) in [5, 5.41) is 25.1. The summed E-state index contributed by atoms with van der Waals surface area (Å²) in [6.07, 6.45) is 4.78. The highest BCUT2D eigenvalue weighted by Gasteiger charge is 2.08. The van der Waals surface area contributed by atoms with E-state index in [1.54, 1.807) is 17.9 Å². The predicted molar refractivity (Wildman–Crippen MR) is 70.4 cm³/mol. The summed E-state index contributed by atoms with van der Waals surface area (Å²) in [7, 11) is 1.80. The number of rotatable bonds is 6. The van der Waals surface area contributed by atoms with Crippen molar-refractivity contribution in [1.82, 2.24) is 35.4 Å². The smallest absolute Gasteiger partial charge is 0.358 e. The number of carboxylic acids is 1. The van der Waals surface area contributed by atoms with Crippen molar-refractivity contribution in [3.05, 3.63) is 29.8 Å². The van der Waals surface area contributed by atoms with Crippen molar-refractivity contribution >= 4 is 12.0 Å². The Morgan fingerprint density at radius 3 is 2.76 bits per heavy atom. The number of amides is 2. The molecule has 0 unspecified atom stereocenters. The normalized spacial score (nSPS) is 10.3.